The van der Waals surface area contributed by atoms with Gasteiger partial charge in [0.2, 0.25) is 5.91 Å². The van der Waals surface area contributed by atoms with E-state index in [1.807, 2.05) is 34.6 Å². The molecule has 0 saturated carbocycles. The molecule has 0 radical (unpaired) electrons. The van der Waals surface area contributed by atoms with Gasteiger partial charge in [-0.1, -0.05) is 24.2 Å². The minimum atomic E-state index is -0.226. The summed E-state index contributed by atoms with van der Waals surface area (Å²) in [6, 6.07) is 5.90. The Morgan fingerprint density at radius 1 is 1.16 bits per heavy atom. The summed E-state index contributed by atoms with van der Waals surface area (Å²) in [6.07, 6.45) is 4.53. The van der Waals surface area contributed by atoms with Crippen LogP contribution in [0.4, 0.5) is 0 Å². The van der Waals surface area contributed by atoms with Crippen LogP contribution in [0, 0.1) is 0 Å². The first-order valence-corrected chi connectivity index (χ1v) is 12.8. The molecule has 0 N–H and O–H groups in total. The van der Waals surface area contributed by atoms with Gasteiger partial charge in [-0.3, -0.25) is 9.59 Å². The van der Waals surface area contributed by atoms with Crippen molar-refractivity contribution in [3.05, 3.63) is 23.0 Å². The highest BCUT2D eigenvalue weighted by Crippen LogP contribution is 2.23. The minimum absolute atomic E-state index is 0.125. The summed E-state index contributed by atoms with van der Waals surface area (Å²) in [5.74, 6) is 1.23. The molecule has 1 fully saturated rings. The lowest BCUT2D eigenvalue weighted by Gasteiger charge is -2.19. The van der Waals surface area contributed by atoms with Gasteiger partial charge >= 0.3 is 0 Å². The highest BCUT2D eigenvalue weighted by molar-refractivity contribution is 8.00. The summed E-state index contributed by atoms with van der Waals surface area (Å²) >= 11 is 2.81. The van der Waals surface area contributed by atoms with Crippen LogP contribution in [-0.2, 0) is 20.9 Å². The quantitative estimate of drug-likeness (QED) is 0.568. The minimum Gasteiger partial charge on any atom is -0.494 e. The zero-order chi connectivity index (χ0) is 22.1. The molecule has 3 rings (SSSR count). The van der Waals surface area contributed by atoms with Gasteiger partial charge in [0.25, 0.3) is 5.91 Å². The molecule has 7 nitrogen and oxygen atoms in total. The molecule has 31 heavy (non-hydrogen) atoms. The highest BCUT2D eigenvalue weighted by Gasteiger charge is 2.16. The predicted octanol–water partition coefficient (Wildman–Crippen LogP) is 3.31. The zero-order valence-electron chi connectivity index (χ0n) is 18.3. The Morgan fingerprint density at radius 3 is 2.65 bits per heavy atom. The third kappa shape index (κ3) is 6.82. The van der Waals surface area contributed by atoms with Crippen LogP contribution in [0.2, 0.25) is 0 Å². The summed E-state index contributed by atoms with van der Waals surface area (Å²) in [4.78, 5) is 31.8. The van der Waals surface area contributed by atoms with Gasteiger partial charge < -0.3 is 18.9 Å². The second-order valence-electron chi connectivity index (χ2n) is 7.38. The number of methoxy groups -OCH3 is 1. The number of hydrogen-bond acceptors (Lipinski definition) is 6. The van der Waals surface area contributed by atoms with Crippen LogP contribution < -0.4 is 9.54 Å². The van der Waals surface area contributed by atoms with Crippen LogP contribution in [-0.4, -0.2) is 66.2 Å². The van der Waals surface area contributed by atoms with Crippen LogP contribution in [0.25, 0.3) is 10.2 Å². The number of carbonyl (C=O) groups is 2. The maximum atomic E-state index is 12.5. The molecule has 0 spiro atoms. The van der Waals surface area contributed by atoms with Gasteiger partial charge in [-0.2, -0.15) is 4.99 Å². The number of thiazole rings is 1. The molecule has 1 aromatic carbocycles. The molecule has 2 amide bonds. The zero-order valence-corrected chi connectivity index (χ0v) is 19.9. The van der Waals surface area contributed by atoms with Crippen molar-refractivity contribution in [1.29, 1.82) is 0 Å². The second-order valence-corrected chi connectivity index (χ2v) is 9.38. The summed E-state index contributed by atoms with van der Waals surface area (Å²) < 4.78 is 13.8. The molecule has 2 heterocycles. The third-order valence-electron chi connectivity index (χ3n) is 5.11. The van der Waals surface area contributed by atoms with E-state index in [4.69, 9.17) is 9.47 Å². The number of fused-ring (bicyclic) bond motifs is 1. The number of thioether (sulfide) groups is 1. The number of nitrogens with zero attached hydrogens (tertiary/aromatic N) is 3. The highest BCUT2D eigenvalue weighted by atomic mass is 32.2. The number of amides is 2. The number of hydrogen-bond donors (Lipinski definition) is 0. The van der Waals surface area contributed by atoms with E-state index >= 15 is 0 Å². The van der Waals surface area contributed by atoms with Crippen molar-refractivity contribution in [2.24, 2.45) is 4.99 Å². The molecule has 170 valence electrons. The first-order chi connectivity index (χ1) is 15.1. The lowest BCUT2D eigenvalue weighted by atomic mass is 10.2. The molecule has 0 aliphatic carbocycles. The van der Waals surface area contributed by atoms with Gasteiger partial charge in [0.05, 0.1) is 34.9 Å². The largest absolute Gasteiger partial charge is 0.494 e. The smallest absolute Gasteiger partial charge is 0.258 e. The first kappa shape index (κ1) is 23.8. The number of carbonyl (C=O) groups excluding carboxylic acids is 2. The van der Waals surface area contributed by atoms with Crippen molar-refractivity contribution in [3.63, 3.8) is 0 Å². The van der Waals surface area contributed by atoms with Gasteiger partial charge in [-0.05, 0) is 38.0 Å². The first-order valence-electron chi connectivity index (χ1n) is 10.8. The van der Waals surface area contributed by atoms with Gasteiger partial charge in [0.15, 0.2) is 4.80 Å². The van der Waals surface area contributed by atoms with E-state index in [1.54, 1.807) is 7.11 Å². The molecule has 0 bridgehead atoms. The molecule has 1 aliphatic rings. The lowest BCUT2D eigenvalue weighted by molar-refractivity contribution is -0.128. The summed E-state index contributed by atoms with van der Waals surface area (Å²) in [6.45, 7) is 5.36. The van der Waals surface area contributed by atoms with E-state index in [1.165, 1.54) is 35.9 Å². The SMILES string of the molecule is CCOc1ccc2c(c1)sc(=NC(=O)CSCC(=O)N1CCCCCC1)n2CCOC. The van der Waals surface area contributed by atoms with Crippen molar-refractivity contribution >= 4 is 45.1 Å². The fourth-order valence-electron chi connectivity index (χ4n) is 3.57. The molecule has 2 aromatic rings. The Morgan fingerprint density at radius 2 is 1.94 bits per heavy atom. The molecule has 1 aromatic heterocycles. The fraction of sp³-hybridized carbons (Fsp3) is 0.591. The number of aromatic nitrogens is 1. The van der Waals surface area contributed by atoms with E-state index < -0.39 is 0 Å². The summed E-state index contributed by atoms with van der Waals surface area (Å²) in [7, 11) is 1.66. The van der Waals surface area contributed by atoms with Crippen LogP contribution in [0.3, 0.4) is 0 Å². The Labute approximate surface area is 191 Å². The number of likely N-dealkylation sites (tertiary alicyclic amines) is 1. The summed E-state index contributed by atoms with van der Waals surface area (Å²) in [5.41, 5.74) is 1.00. The van der Waals surface area contributed by atoms with Gasteiger partial charge in [-0.25, -0.2) is 0 Å². The standard InChI is InChI=1S/C22H31N3O4S2/c1-3-29-17-8-9-18-19(14-17)31-22(25(18)12-13-28-2)23-20(26)15-30-16-21(27)24-10-6-4-5-7-11-24/h8-9,14H,3-7,10-13,15-16H2,1-2H3. The Bertz CT molecular complexity index is 946. The Hall–Kier alpha value is -1.84. The Balaban J connectivity index is 1.67. The molecule has 9 heteroatoms. The van der Waals surface area contributed by atoms with Crippen LogP contribution in [0.15, 0.2) is 23.2 Å². The molecule has 0 unspecified atom stereocenters. The number of rotatable bonds is 9. The van der Waals surface area contributed by atoms with E-state index in [0.29, 0.717) is 30.3 Å². The number of ether oxygens (including phenoxy) is 2. The van der Waals surface area contributed by atoms with E-state index in [2.05, 4.69) is 4.99 Å². The molecule has 1 aliphatic heterocycles. The van der Waals surface area contributed by atoms with E-state index in [-0.39, 0.29) is 17.6 Å². The van der Waals surface area contributed by atoms with Crippen molar-refractivity contribution in [3.8, 4) is 5.75 Å². The fourth-order valence-corrected chi connectivity index (χ4v) is 5.37. The third-order valence-corrected chi connectivity index (χ3v) is 7.06. The number of benzene rings is 1. The van der Waals surface area contributed by atoms with Crippen molar-refractivity contribution in [2.75, 3.05) is 44.9 Å². The molecular formula is C22H31N3O4S2. The lowest BCUT2D eigenvalue weighted by Crippen LogP contribution is -2.33. The van der Waals surface area contributed by atoms with Crippen molar-refractivity contribution < 1.29 is 19.1 Å². The second kappa shape index (κ2) is 12.3. The van der Waals surface area contributed by atoms with Crippen LogP contribution in [0.5, 0.6) is 5.75 Å². The van der Waals surface area contributed by atoms with Crippen molar-refractivity contribution in [1.82, 2.24) is 9.47 Å². The predicted molar refractivity (Wildman–Crippen MR) is 126 cm³/mol. The topological polar surface area (TPSA) is 73.1 Å². The van der Waals surface area contributed by atoms with Crippen LogP contribution in [0.1, 0.15) is 32.6 Å². The van der Waals surface area contributed by atoms with Crippen molar-refractivity contribution in [2.45, 2.75) is 39.2 Å². The molecular weight excluding hydrogens is 434 g/mol. The van der Waals surface area contributed by atoms with Crippen LogP contribution >= 0.6 is 23.1 Å². The molecule has 0 atom stereocenters. The van der Waals surface area contributed by atoms with Gasteiger partial charge in [0.1, 0.15) is 5.75 Å². The Kier molecular flexibility index (Phi) is 9.42. The summed E-state index contributed by atoms with van der Waals surface area (Å²) in [5, 5.41) is 0. The van der Waals surface area contributed by atoms with Gasteiger partial charge in [0, 0.05) is 26.7 Å². The van der Waals surface area contributed by atoms with E-state index in [9.17, 15) is 9.59 Å². The maximum absolute atomic E-state index is 12.5. The normalized spacial score (nSPS) is 15.3. The maximum Gasteiger partial charge on any atom is 0.258 e. The van der Waals surface area contributed by atoms with E-state index in [0.717, 1.165) is 41.9 Å². The van der Waals surface area contributed by atoms with Gasteiger partial charge in [-0.15, -0.1) is 11.8 Å². The average molecular weight is 466 g/mol. The monoisotopic (exact) mass is 465 g/mol. The molecule has 1 saturated heterocycles. The average Bonchev–Trinajstić information content (AvgIpc) is 2.92.